The maximum atomic E-state index is 4.94. The van der Waals surface area contributed by atoms with E-state index in [9.17, 15) is 0 Å². The van der Waals surface area contributed by atoms with Gasteiger partial charge in [0.2, 0.25) is 0 Å². The molecule has 0 atom stereocenters. The molecule has 0 unspecified atom stereocenters. The lowest BCUT2D eigenvalue weighted by molar-refractivity contribution is -0.0892. The molecule has 1 nitrogen and oxygen atoms in total. The fourth-order valence-corrected chi connectivity index (χ4v) is 0.510. The average molecular weight is 86.1 g/mol. The standard InChI is InChI=1S/C5H10O/c1-5(2)3-6-4-5/h3-4H2,1-2H3. The van der Waals surface area contributed by atoms with Gasteiger partial charge in [0.15, 0.2) is 0 Å². The summed E-state index contributed by atoms with van der Waals surface area (Å²) in [5, 5.41) is 0. The van der Waals surface area contributed by atoms with E-state index >= 15 is 0 Å². The molecule has 0 N–H and O–H groups in total. The molecule has 0 amide bonds. The van der Waals surface area contributed by atoms with E-state index in [4.69, 9.17) is 4.74 Å². The van der Waals surface area contributed by atoms with E-state index in [2.05, 4.69) is 13.8 Å². The average Bonchev–Trinajstić information content (AvgIpc) is 1.32. The molecular formula is C5H10O. The molecule has 0 spiro atoms. The highest BCUT2D eigenvalue weighted by Gasteiger charge is 2.26. The Hall–Kier alpha value is -0.0400. The van der Waals surface area contributed by atoms with Crippen molar-refractivity contribution in [3.05, 3.63) is 0 Å². The Balaban J connectivity index is 2.31. The highest BCUT2D eigenvalue weighted by molar-refractivity contribution is 4.73. The number of rotatable bonds is 0. The normalized spacial score (nSPS) is 29.0. The zero-order valence-electron chi connectivity index (χ0n) is 4.32. The van der Waals surface area contributed by atoms with Crippen molar-refractivity contribution in [2.75, 3.05) is 13.2 Å². The Morgan fingerprint density at radius 3 is 1.67 bits per heavy atom. The number of ether oxygens (including phenoxy) is 1. The van der Waals surface area contributed by atoms with E-state index in [1.54, 1.807) is 0 Å². The van der Waals surface area contributed by atoms with Gasteiger partial charge in [0.25, 0.3) is 0 Å². The van der Waals surface area contributed by atoms with Crippen molar-refractivity contribution in [1.82, 2.24) is 0 Å². The van der Waals surface area contributed by atoms with Crippen molar-refractivity contribution in [3.63, 3.8) is 0 Å². The monoisotopic (exact) mass is 86.1 g/mol. The second-order valence-corrected chi connectivity index (χ2v) is 2.66. The fraction of sp³-hybridized carbons (Fsp3) is 1.00. The van der Waals surface area contributed by atoms with Gasteiger partial charge in [0.05, 0.1) is 13.2 Å². The summed E-state index contributed by atoms with van der Waals surface area (Å²) in [6.07, 6.45) is 0. The molecule has 0 aromatic carbocycles. The van der Waals surface area contributed by atoms with Crippen molar-refractivity contribution in [2.45, 2.75) is 13.8 Å². The SMILES string of the molecule is CC1(C)COC1. The summed E-state index contributed by atoms with van der Waals surface area (Å²) in [4.78, 5) is 0. The molecule has 1 heteroatoms. The van der Waals surface area contributed by atoms with E-state index in [0.29, 0.717) is 5.41 Å². The molecule has 1 heterocycles. The Labute approximate surface area is 38.3 Å². The van der Waals surface area contributed by atoms with Crippen LogP contribution in [0.5, 0.6) is 0 Å². The first-order valence-corrected chi connectivity index (χ1v) is 2.28. The van der Waals surface area contributed by atoms with Crippen LogP contribution < -0.4 is 0 Å². The summed E-state index contributed by atoms with van der Waals surface area (Å²) in [6, 6.07) is 0. The van der Waals surface area contributed by atoms with Crippen LogP contribution in [0.25, 0.3) is 0 Å². The molecule has 0 aromatic rings. The van der Waals surface area contributed by atoms with E-state index in [-0.39, 0.29) is 0 Å². The molecule has 0 aliphatic carbocycles. The van der Waals surface area contributed by atoms with E-state index in [0.717, 1.165) is 13.2 Å². The Morgan fingerprint density at radius 2 is 1.67 bits per heavy atom. The highest BCUT2D eigenvalue weighted by atomic mass is 16.5. The predicted molar refractivity (Wildman–Crippen MR) is 24.6 cm³/mol. The minimum atomic E-state index is 0.500. The van der Waals surface area contributed by atoms with Crippen LogP contribution in [0.1, 0.15) is 13.8 Å². The summed E-state index contributed by atoms with van der Waals surface area (Å²) in [6.45, 7) is 6.31. The van der Waals surface area contributed by atoms with Gasteiger partial charge in [0.1, 0.15) is 0 Å². The Kier molecular flexibility index (Phi) is 0.667. The van der Waals surface area contributed by atoms with Gasteiger partial charge in [0, 0.05) is 5.41 Å². The number of hydrogen-bond donors (Lipinski definition) is 0. The van der Waals surface area contributed by atoms with Gasteiger partial charge in [-0.2, -0.15) is 0 Å². The number of hydrogen-bond acceptors (Lipinski definition) is 1. The summed E-state index contributed by atoms with van der Waals surface area (Å²) >= 11 is 0. The third-order valence-corrected chi connectivity index (χ3v) is 0.986. The Morgan fingerprint density at radius 1 is 1.33 bits per heavy atom. The van der Waals surface area contributed by atoms with Crippen LogP contribution in [0.4, 0.5) is 0 Å². The quantitative estimate of drug-likeness (QED) is 0.428. The maximum absolute atomic E-state index is 4.94. The van der Waals surface area contributed by atoms with Gasteiger partial charge in [-0.1, -0.05) is 13.8 Å². The van der Waals surface area contributed by atoms with Crippen molar-refractivity contribution < 1.29 is 4.74 Å². The van der Waals surface area contributed by atoms with Crippen molar-refractivity contribution >= 4 is 0 Å². The summed E-state index contributed by atoms with van der Waals surface area (Å²) in [7, 11) is 0. The maximum Gasteiger partial charge on any atom is 0.0539 e. The minimum Gasteiger partial charge on any atom is -0.380 e. The summed E-state index contributed by atoms with van der Waals surface area (Å²) in [5.74, 6) is 0. The lowest BCUT2D eigenvalue weighted by Crippen LogP contribution is -2.36. The highest BCUT2D eigenvalue weighted by Crippen LogP contribution is 2.24. The second-order valence-electron chi connectivity index (χ2n) is 2.66. The first-order valence-electron chi connectivity index (χ1n) is 2.28. The molecule has 0 saturated carbocycles. The molecule has 1 aliphatic rings. The molecule has 1 saturated heterocycles. The first kappa shape index (κ1) is 4.13. The molecule has 6 heavy (non-hydrogen) atoms. The van der Waals surface area contributed by atoms with Crippen LogP contribution in [-0.4, -0.2) is 13.2 Å². The summed E-state index contributed by atoms with van der Waals surface area (Å²) in [5.41, 5.74) is 0.500. The van der Waals surface area contributed by atoms with Gasteiger partial charge in [-0.05, 0) is 0 Å². The molecule has 1 aliphatic heterocycles. The van der Waals surface area contributed by atoms with Crippen molar-refractivity contribution in [1.29, 1.82) is 0 Å². The first-order chi connectivity index (χ1) is 2.71. The predicted octanol–water partition coefficient (Wildman–Crippen LogP) is 1.04. The second kappa shape index (κ2) is 0.969. The third-order valence-electron chi connectivity index (χ3n) is 0.986. The van der Waals surface area contributed by atoms with Gasteiger partial charge >= 0.3 is 0 Å². The molecular weight excluding hydrogens is 76.1 g/mol. The van der Waals surface area contributed by atoms with Crippen molar-refractivity contribution in [3.8, 4) is 0 Å². The lowest BCUT2D eigenvalue weighted by Gasteiger charge is -2.33. The van der Waals surface area contributed by atoms with Crippen LogP contribution in [0.2, 0.25) is 0 Å². The summed E-state index contributed by atoms with van der Waals surface area (Å²) < 4.78 is 4.94. The van der Waals surface area contributed by atoms with Gasteiger partial charge in [-0.3, -0.25) is 0 Å². The largest absolute Gasteiger partial charge is 0.380 e. The van der Waals surface area contributed by atoms with Crippen LogP contribution in [0.15, 0.2) is 0 Å². The van der Waals surface area contributed by atoms with Gasteiger partial charge in [-0.25, -0.2) is 0 Å². The van der Waals surface area contributed by atoms with Crippen LogP contribution in [0.3, 0.4) is 0 Å². The third kappa shape index (κ3) is 0.548. The minimum absolute atomic E-state index is 0.500. The molecule has 0 aromatic heterocycles. The molecule has 0 bridgehead atoms. The molecule has 0 radical (unpaired) electrons. The van der Waals surface area contributed by atoms with Crippen LogP contribution in [0, 0.1) is 5.41 Å². The smallest absolute Gasteiger partial charge is 0.0539 e. The zero-order valence-corrected chi connectivity index (χ0v) is 4.32. The molecule has 1 rings (SSSR count). The van der Waals surface area contributed by atoms with E-state index in [1.807, 2.05) is 0 Å². The fourth-order valence-electron chi connectivity index (χ4n) is 0.510. The van der Waals surface area contributed by atoms with Gasteiger partial charge in [-0.15, -0.1) is 0 Å². The van der Waals surface area contributed by atoms with Crippen LogP contribution in [-0.2, 0) is 4.74 Å². The van der Waals surface area contributed by atoms with Crippen LogP contribution >= 0.6 is 0 Å². The van der Waals surface area contributed by atoms with Crippen molar-refractivity contribution in [2.24, 2.45) is 5.41 Å². The van der Waals surface area contributed by atoms with Gasteiger partial charge < -0.3 is 4.74 Å². The lowest BCUT2D eigenvalue weighted by atomic mass is 9.92. The molecule has 1 fully saturated rings. The molecule has 36 valence electrons. The topological polar surface area (TPSA) is 9.23 Å². The van der Waals surface area contributed by atoms with E-state index in [1.165, 1.54) is 0 Å². The zero-order chi connectivity index (χ0) is 4.62. The Bertz CT molecular complexity index is 51.0. The van der Waals surface area contributed by atoms with E-state index < -0.39 is 0 Å².